The van der Waals surface area contributed by atoms with Crippen LogP contribution in [0.4, 0.5) is 8.78 Å². The molecule has 1 aromatic carbocycles. The highest BCUT2D eigenvalue weighted by Gasteiger charge is 2.40. The highest BCUT2D eigenvalue weighted by atomic mass is 32.2. The quantitative estimate of drug-likeness (QED) is 0.830. The summed E-state index contributed by atoms with van der Waals surface area (Å²) >= 11 is 1.33. The summed E-state index contributed by atoms with van der Waals surface area (Å²) in [5.41, 5.74) is 0.282. The molecule has 0 spiro atoms. The Morgan fingerprint density at radius 1 is 1.31 bits per heavy atom. The van der Waals surface area contributed by atoms with Crippen molar-refractivity contribution in [2.45, 2.75) is 24.0 Å². The number of likely N-dealkylation sites (N-methyl/N-ethyl adjacent to an activating group) is 1. The van der Waals surface area contributed by atoms with E-state index in [1.54, 1.807) is 11.8 Å². The number of carbonyl (C=O) groups is 2. The van der Waals surface area contributed by atoms with Gasteiger partial charge < -0.3 is 14.7 Å². The first-order valence-electron chi connectivity index (χ1n) is 8.87. The summed E-state index contributed by atoms with van der Waals surface area (Å²) in [6.45, 7) is 5.30. The highest BCUT2D eigenvalue weighted by molar-refractivity contribution is 8.01. The molecule has 1 aromatic rings. The van der Waals surface area contributed by atoms with Crippen LogP contribution in [0, 0.1) is 11.6 Å². The fourth-order valence-electron chi connectivity index (χ4n) is 3.36. The molecule has 3 rings (SSSR count). The minimum Gasteiger partial charge on any atom is -0.334 e. The predicted molar refractivity (Wildman–Crippen MR) is 95.7 cm³/mol. The number of nitrogens with one attached hydrogen (secondary N) is 1. The Morgan fingerprint density at radius 2 is 2.00 bits per heavy atom. The molecule has 2 heterocycles. The summed E-state index contributed by atoms with van der Waals surface area (Å²) < 4.78 is 27.4. The van der Waals surface area contributed by atoms with Crippen LogP contribution in [0.15, 0.2) is 18.2 Å². The number of rotatable bonds is 4. The number of carbonyl (C=O) groups excluding carboxylic acids is 2. The van der Waals surface area contributed by atoms with E-state index in [1.165, 1.54) is 28.8 Å². The largest absolute Gasteiger partial charge is 0.334 e. The van der Waals surface area contributed by atoms with E-state index in [0.717, 1.165) is 32.2 Å². The Bertz CT molecular complexity index is 695. The summed E-state index contributed by atoms with van der Waals surface area (Å²) in [5.74, 6) is -1.40. The molecule has 0 bridgehead atoms. The van der Waals surface area contributed by atoms with Crippen LogP contribution in [0.25, 0.3) is 0 Å². The third kappa shape index (κ3) is 4.01. The van der Waals surface area contributed by atoms with Gasteiger partial charge in [0.15, 0.2) is 0 Å². The van der Waals surface area contributed by atoms with Crippen molar-refractivity contribution in [3.05, 3.63) is 35.4 Å². The molecule has 2 saturated heterocycles. The molecule has 2 fully saturated rings. The lowest BCUT2D eigenvalue weighted by molar-refractivity contribution is -0.883. The molecule has 2 aliphatic heterocycles. The molecule has 0 saturated carbocycles. The second kappa shape index (κ2) is 7.92. The van der Waals surface area contributed by atoms with E-state index < -0.39 is 17.0 Å². The number of halogens is 2. The van der Waals surface area contributed by atoms with Gasteiger partial charge in [0, 0.05) is 24.6 Å². The zero-order valence-corrected chi connectivity index (χ0v) is 15.8. The van der Waals surface area contributed by atoms with Crippen LogP contribution in [0.3, 0.4) is 0 Å². The SMILES string of the molecule is C[C@@H]1S[C@H](c2ccc(F)cc2F)N(CCC(=O)N2CC[NH+](C)CC2)C1=O. The molecule has 5 nitrogen and oxygen atoms in total. The van der Waals surface area contributed by atoms with Crippen molar-refractivity contribution in [3.63, 3.8) is 0 Å². The minimum absolute atomic E-state index is 0.0215. The summed E-state index contributed by atoms with van der Waals surface area (Å²) in [7, 11) is 2.10. The second-order valence-electron chi connectivity index (χ2n) is 6.92. The van der Waals surface area contributed by atoms with Gasteiger partial charge in [-0.25, -0.2) is 8.78 Å². The monoisotopic (exact) mass is 384 g/mol. The number of hydrogen-bond donors (Lipinski definition) is 1. The van der Waals surface area contributed by atoms with Crippen LogP contribution < -0.4 is 4.90 Å². The van der Waals surface area contributed by atoms with Gasteiger partial charge in [0.2, 0.25) is 11.8 Å². The normalized spacial score (nSPS) is 24.4. The van der Waals surface area contributed by atoms with Crippen molar-refractivity contribution in [2.24, 2.45) is 0 Å². The van der Waals surface area contributed by atoms with Crippen molar-refractivity contribution in [1.29, 1.82) is 0 Å². The third-order valence-corrected chi connectivity index (χ3v) is 6.39. The van der Waals surface area contributed by atoms with Gasteiger partial charge in [-0.05, 0) is 13.0 Å². The van der Waals surface area contributed by atoms with E-state index in [2.05, 4.69) is 7.05 Å². The van der Waals surface area contributed by atoms with E-state index >= 15 is 0 Å². The summed E-state index contributed by atoms with van der Waals surface area (Å²) in [6.07, 6.45) is 0.220. The smallest absolute Gasteiger partial charge is 0.236 e. The summed E-state index contributed by atoms with van der Waals surface area (Å²) in [5, 5.41) is -0.838. The van der Waals surface area contributed by atoms with Gasteiger partial charge in [0.25, 0.3) is 0 Å². The van der Waals surface area contributed by atoms with Crippen molar-refractivity contribution in [3.8, 4) is 0 Å². The molecular formula is C18H24F2N3O2S+. The Balaban J connectivity index is 1.68. The van der Waals surface area contributed by atoms with Crippen LogP contribution in [0.1, 0.15) is 24.3 Å². The fourth-order valence-corrected chi connectivity index (χ4v) is 4.69. The van der Waals surface area contributed by atoms with Crippen molar-refractivity contribution >= 4 is 23.6 Å². The van der Waals surface area contributed by atoms with E-state index in [0.29, 0.717) is 0 Å². The molecule has 2 amide bonds. The lowest BCUT2D eigenvalue weighted by atomic mass is 10.1. The van der Waals surface area contributed by atoms with Crippen molar-refractivity contribution < 1.29 is 23.3 Å². The van der Waals surface area contributed by atoms with E-state index in [9.17, 15) is 18.4 Å². The number of piperazine rings is 1. The standard InChI is InChI=1S/C18H23F2N3O2S/c1-12-17(25)23(6-5-16(24)22-9-7-21(2)8-10-22)18(26-12)14-4-3-13(19)11-15(14)20/h3-4,11-12,18H,5-10H2,1-2H3/p+1/t12-,18+/m0/s1. The number of nitrogens with zero attached hydrogens (tertiary/aromatic N) is 2. The molecule has 26 heavy (non-hydrogen) atoms. The Hall–Kier alpha value is -1.67. The average Bonchev–Trinajstić information content (AvgIpc) is 2.88. The molecule has 2 aliphatic rings. The van der Waals surface area contributed by atoms with Crippen LogP contribution >= 0.6 is 11.8 Å². The maximum Gasteiger partial charge on any atom is 0.236 e. The van der Waals surface area contributed by atoms with Gasteiger partial charge in [-0.3, -0.25) is 9.59 Å². The molecule has 0 aromatic heterocycles. The summed E-state index contributed by atoms with van der Waals surface area (Å²) in [4.78, 5) is 29.7. The molecule has 2 atom stereocenters. The molecule has 0 unspecified atom stereocenters. The van der Waals surface area contributed by atoms with Gasteiger partial charge >= 0.3 is 0 Å². The molecule has 0 radical (unpaired) electrons. The van der Waals surface area contributed by atoms with E-state index in [-0.39, 0.29) is 35.6 Å². The van der Waals surface area contributed by atoms with Crippen molar-refractivity contribution in [2.75, 3.05) is 39.8 Å². The molecule has 142 valence electrons. The zero-order valence-electron chi connectivity index (χ0n) is 15.0. The van der Waals surface area contributed by atoms with Crippen LogP contribution in [-0.4, -0.2) is 66.6 Å². The average molecular weight is 384 g/mol. The second-order valence-corrected chi connectivity index (χ2v) is 8.34. The molecule has 1 N–H and O–H groups in total. The number of amides is 2. The molecular weight excluding hydrogens is 360 g/mol. The topological polar surface area (TPSA) is 45.1 Å². The van der Waals surface area contributed by atoms with Gasteiger partial charge in [-0.1, -0.05) is 6.07 Å². The van der Waals surface area contributed by atoms with Gasteiger partial charge in [-0.2, -0.15) is 0 Å². The first-order valence-corrected chi connectivity index (χ1v) is 9.81. The number of benzene rings is 1. The predicted octanol–water partition coefficient (Wildman–Crippen LogP) is 0.674. The minimum atomic E-state index is -0.664. The maximum absolute atomic E-state index is 14.2. The van der Waals surface area contributed by atoms with Crippen molar-refractivity contribution in [1.82, 2.24) is 9.80 Å². The number of hydrogen-bond acceptors (Lipinski definition) is 3. The Labute approximate surface area is 156 Å². The first-order chi connectivity index (χ1) is 12.4. The molecule has 8 heteroatoms. The highest BCUT2D eigenvalue weighted by Crippen LogP contribution is 2.43. The zero-order chi connectivity index (χ0) is 18.8. The Kier molecular flexibility index (Phi) is 5.82. The Morgan fingerprint density at radius 3 is 2.65 bits per heavy atom. The first kappa shape index (κ1) is 19.1. The van der Waals surface area contributed by atoms with Gasteiger partial charge in [-0.15, -0.1) is 11.8 Å². The molecule has 0 aliphatic carbocycles. The summed E-state index contributed by atoms with van der Waals surface area (Å²) in [6, 6.07) is 3.41. The number of thioether (sulfide) groups is 1. The lowest BCUT2D eigenvalue weighted by Gasteiger charge is -2.31. The van der Waals surface area contributed by atoms with Crippen LogP contribution in [0.5, 0.6) is 0 Å². The van der Waals surface area contributed by atoms with Crippen LogP contribution in [-0.2, 0) is 9.59 Å². The maximum atomic E-state index is 14.2. The lowest BCUT2D eigenvalue weighted by Crippen LogP contribution is -3.12. The van der Waals surface area contributed by atoms with Gasteiger partial charge in [0.05, 0.1) is 38.5 Å². The third-order valence-electron chi connectivity index (χ3n) is 5.01. The van der Waals surface area contributed by atoms with E-state index in [1.807, 2.05) is 4.90 Å². The van der Waals surface area contributed by atoms with Crippen LogP contribution in [0.2, 0.25) is 0 Å². The van der Waals surface area contributed by atoms with E-state index in [4.69, 9.17) is 0 Å². The number of quaternary nitrogens is 1. The van der Waals surface area contributed by atoms with Gasteiger partial charge in [0.1, 0.15) is 17.0 Å². The fraction of sp³-hybridized carbons (Fsp3) is 0.556.